The van der Waals surface area contributed by atoms with E-state index in [0.29, 0.717) is 12.3 Å². The molecule has 104 valence electrons. The monoisotopic (exact) mass is 324 g/mol. The molecule has 0 radical (unpaired) electrons. The van der Waals surface area contributed by atoms with E-state index in [1.165, 1.54) is 11.1 Å². The summed E-state index contributed by atoms with van der Waals surface area (Å²) in [5.74, 6) is 0.349. The molecule has 2 rings (SSSR count). The fourth-order valence-electron chi connectivity index (χ4n) is 2.59. The second-order valence-corrected chi connectivity index (χ2v) is 7.23. The number of hydrogen-bond acceptors (Lipinski definition) is 2. The van der Waals surface area contributed by atoms with Crippen molar-refractivity contribution in [1.82, 2.24) is 0 Å². The molecule has 19 heavy (non-hydrogen) atoms. The van der Waals surface area contributed by atoms with Gasteiger partial charge in [-0.15, -0.1) is 0 Å². The summed E-state index contributed by atoms with van der Waals surface area (Å²) in [4.78, 5) is 11.9. The van der Waals surface area contributed by atoms with Crippen molar-refractivity contribution in [3.8, 4) is 0 Å². The van der Waals surface area contributed by atoms with E-state index in [1.807, 2.05) is 20.8 Å². The molecule has 0 fully saturated rings. The molecule has 1 atom stereocenters. The highest BCUT2D eigenvalue weighted by Gasteiger charge is 2.24. The molecule has 0 heterocycles. The van der Waals surface area contributed by atoms with Crippen LogP contribution in [0.1, 0.15) is 44.7 Å². The van der Waals surface area contributed by atoms with Gasteiger partial charge in [0.2, 0.25) is 0 Å². The van der Waals surface area contributed by atoms with Crippen molar-refractivity contribution in [2.45, 2.75) is 52.1 Å². The summed E-state index contributed by atoms with van der Waals surface area (Å²) in [6, 6.07) is 6.44. The lowest BCUT2D eigenvalue weighted by molar-refractivity contribution is -0.156. The van der Waals surface area contributed by atoms with Gasteiger partial charge in [0.1, 0.15) is 5.60 Å². The van der Waals surface area contributed by atoms with Crippen LogP contribution in [-0.4, -0.2) is 11.6 Å². The van der Waals surface area contributed by atoms with Crippen LogP contribution in [-0.2, 0) is 22.4 Å². The van der Waals surface area contributed by atoms with Crippen molar-refractivity contribution in [1.29, 1.82) is 0 Å². The molecule has 0 bridgehead atoms. The number of rotatable bonds is 2. The van der Waals surface area contributed by atoms with Crippen LogP contribution in [0, 0.1) is 5.92 Å². The smallest absolute Gasteiger partial charge is 0.306 e. The van der Waals surface area contributed by atoms with Gasteiger partial charge in [-0.2, -0.15) is 0 Å². The van der Waals surface area contributed by atoms with Gasteiger partial charge in [-0.05, 0) is 69.2 Å². The average Bonchev–Trinajstić information content (AvgIpc) is 2.26. The van der Waals surface area contributed by atoms with E-state index in [0.717, 1.165) is 23.7 Å². The summed E-state index contributed by atoms with van der Waals surface area (Å²) in [5.41, 5.74) is 2.41. The summed E-state index contributed by atoms with van der Waals surface area (Å²) in [6.45, 7) is 5.75. The molecule has 1 aromatic rings. The summed E-state index contributed by atoms with van der Waals surface area (Å²) >= 11 is 3.50. The molecule has 2 nitrogen and oxygen atoms in total. The van der Waals surface area contributed by atoms with Crippen molar-refractivity contribution in [2.75, 3.05) is 0 Å². The van der Waals surface area contributed by atoms with Crippen LogP contribution in [0.4, 0.5) is 0 Å². The maximum absolute atomic E-state index is 11.9. The predicted molar refractivity (Wildman–Crippen MR) is 80.1 cm³/mol. The van der Waals surface area contributed by atoms with Crippen LogP contribution < -0.4 is 0 Å². The van der Waals surface area contributed by atoms with Gasteiger partial charge in [0, 0.05) is 10.9 Å². The zero-order chi connectivity index (χ0) is 14.0. The van der Waals surface area contributed by atoms with E-state index in [4.69, 9.17) is 4.74 Å². The Balaban J connectivity index is 1.95. The Morgan fingerprint density at radius 3 is 2.79 bits per heavy atom. The van der Waals surface area contributed by atoms with Gasteiger partial charge in [-0.1, -0.05) is 22.0 Å². The summed E-state index contributed by atoms with van der Waals surface area (Å²) in [5, 5.41) is 0. The molecule has 0 N–H and O–H groups in total. The van der Waals surface area contributed by atoms with E-state index in [2.05, 4.69) is 34.1 Å². The first kappa shape index (κ1) is 14.6. The van der Waals surface area contributed by atoms with Gasteiger partial charge < -0.3 is 4.74 Å². The van der Waals surface area contributed by atoms with Gasteiger partial charge >= 0.3 is 5.97 Å². The van der Waals surface area contributed by atoms with Crippen molar-refractivity contribution < 1.29 is 9.53 Å². The Morgan fingerprint density at radius 1 is 1.37 bits per heavy atom. The first-order chi connectivity index (χ1) is 8.83. The van der Waals surface area contributed by atoms with Crippen molar-refractivity contribution in [3.05, 3.63) is 33.8 Å². The van der Waals surface area contributed by atoms with E-state index >= 15 is 0 Å². The molecule has 1 aliphatic rings. The number of aryl methyl sites for hydroxylation is 1. The summed E-state index contributed by atoms with van der Waals surface area (Å²) < 4.78 is 6.54. The lowest BCUT2D eigenvalue weighted by atomic mass is 9.82. The van der Waals surface area contributed by atoms with Gasteiger partial charge in [-0.3, -0.25) is 4.79 Å². The van der Waals surface area contributed by atoms with Crippen molar-refractivity contribution in [2.24, 2.45) is 5.92 Å². The third-order valence-electron chi connectivity index (χ3n) is 3.37. The number of carbonyl (C=O) groups is 1. The second kappa shape index (κ2) is 5.66. The van der Waals surface area contributed by atoms with Gasteiger partial charge in [0.25, 0.3) is 0 Å². The highest BCUT2D eigenvalue weighted by molar-refractivity contribution is 9.10. The molecule has 0 saturated carbocycles. The van der Waals surface area contributed by atoms with Crippen LogP contribution in [0.15, 0.2) is 22.7 Å². The first-order valence-electron chi connectivity index (χ1n) is 6.82. The molecule has 1 aliphatic carbocycles. The highest BCUT2D eigenvalue weighted by Crippen LogP contribution is 2.30. The minimum Gasteiger partial charge on any atom is -0.460 e. The second-order valence-electron chi connectivity index (χ2n) is 6.31. The molecular weight excluding hydrogens is 304 g/mol. The first-order valence-corrected chi connectivity index (χ1v) is 7.62. The highest BCUT2D eigenvalue weighted by atomic mass is 79.9. The molecule has 0 aromatic heterocycles. The molecule has 1 aromatic carbocycles. The van der Waals surface area contributed by atoms with E-state index in [9.17, 15) is 4.79 Å². The minimum atomic E-state index is -0.380. The number of hydrogen-bond donors (Lipinski definition) is 0. The number of fused-ring (bicyclic) bond motifs is 1. The lowest BCUT2D eigenvalue weighted by Gasteiger charge is -2.26. The van der Waals surface area contributed by atoms with Crippen LogP contribution in [0.5, 0.6) is 0 Å². The molecule has 0 amide bonds. The molecule has 0 saturated heterocycles. The maximum Gasteiger partial charge on any atom is 0.306 e. The Hall–Kier alpha value is -0.830. The fraction of sp³-hybridized carbons (Fsp3) is 0.562. The average molecular weight is 325 g/mol. The number of benzene rings is 1. The summed E-state index contributed by atoms with van der Waals surface area (Å²) in [6.07, 6.45) is 3.65. The Kier molecular flexibility index (Phi) is 4.34. The molecule has 1 unspecified atom stereocenters. The Labute approximate surface area is 123 Å². The van der Waals surface area contributed by atoms with Crippen LogP contribution in [0.25, 0.3) is 0 Å². The fourth-order valence-corrected chi connectivity index (χ4v) is 3.00. The van der Waals surface area contributed by atoms with E-state index in [-0.39, 0.29) is 11.6 Å². The number of ether oxygens (including phenoxy) is 1. The van der Waals surface area contributed by atoms with E-state index < -0.39 is 0 Å². The normalized spacial score (nSPS) is 18.8. The third-order valence-corrected chi connectivity index (χ3v) is 3.87. The van der Waals surface area contributed by atoms with Gasteiger partial charge in [-0.25, -0.2) is 0 Å². The standard InChI is InChI=1S/C16H21BrO2/c1-16(2,3)19-15(18)9-11-4-5-13-10-14(17)7-6-12(13)8-11/h6-7,10-11H,4-5,8-9H2,1-3H3. The zero-order valence-electron chi connectivity index (χ0n) is 11.8. The topological polar surface area (TPSA) is 26.3 Å². The van der Waals surface area contributed by atoms with Crippen LogP contribution in [0.3, 0.4) is 0 Å². The predicted octanol–water partition coefficient (Wildman–Crippen LogP) is 4.29. The third kappa shape index (κ3) is 4.34. The zero-order valence-corrected chi connectivity index (χ0v) is 13.4. The maximum atomic E-state index is 11.9. The number of carbonyl (C=O) groups excluding carboxylic acids is 1. The lowest BCUT2D eigenvalue weighted by Crippen LogP contribution is -2.26. The Bertz CT molecular complexity index is 474. The number of esters is 1. The molecule has 0 aliphatic heterocycles. The Morgan fingerprint density at radius 2 is 2.11 bits per heavy atom. The van der Waals surface area contributed by atoms with Gasteiger partial charge in [0.15, 0.2) is 0 Å². The van der Waals surface area contributed by atoms with Crippen molar-refractivity contribution >= 4 is 21.9 Å². The molecular formula is C16H21BrO2. The SMILES string of the molecule is CC(C)(C)OC(=O)CC1CCc2cc(Br)ccc2C1. The van der Waals surface area contributed by atoms with E-state index in [1.54, 1.807) is 0 Å². The summed E-state index contributed by atoms with van der Waals surface area (Å²) in [7, 11) is 0. The van der Waals surface area contributed by atoms with Crippen LogP contribution >= 0.6 is 15.9 Å². The largest absolute Gasteiger partial charge is 0.460 e. The van der Waals surface area contributed by atoms with Crippen molar-refractivity contribution in [3.63, 3.8) is 0 Å². The molecule has 0 spiro atoms. The minimum absolute atomic E-state index is 0.0712. The molecule has 3 heteroatoms. The quantitative estimate of drug-likeness (QED) is 0.759. The number of halogens is 1. The van der Waals surface area contributed by atoms with Crippen LogP contribution in [0.2, 0.25) is 0 Å². The van der Waals surface area contributed by atoms with Gasteiger partial charge in [0.05, 0.1) is 0 Å².